The van der Waals surface area contributed by atoms with Gasteiger partial charge in [-0.25, -0.2) is 9.13 Å². The molecule has 0 rings (SSSR count). The van der Waals surface area contributed by atoms with Crippen LogP contribution in [0.25, 0.3) is 0 Å². The second-order valence-corrected chi connectivity index (χ2v) is 30.7. The van der Waals surface area contributed by atoms with Crippen LogP contribution >= 0.6 is 15.6 Å². The molecule has 0 aliphatic heterocycles. The van der Waals surface area contributed by atoms with E-state index in [1.807, 2.05) is 0 Å². The molecule has 0 aliphatic carbocycles. The van der Waals surface area contributed by atoms with Crippen molar-refractivity contribution in [3.05, 3.63) is 0 Å². The average molecular weight is 1350 g/mol. The molecule has 546 valence electrons. The van der Waals surface area contributed by atoms with Crippen LogP contribution in [0, 0.1) is 23.7 Å². The summed E-state index contributed by atoms with van der Waals surface area (Å²) in [7, 11) is -9.90. The van der Waals surface area contributed by atoms with Crippen LogP contribution in [0.4, 0.5) is 0 Å². The van der Waals surface area contributed by atoms with E-state index >= 15 is 0 Å². The molecule has 0 bridgehead atoms. The zero-order chi connectivity index (χ0) is 68.2. The molecule has 0 aromatic carbocycles. The molecule has 0 fully saturated rings. The number of carbonyl (C=O) groups is 4. The van der Waals surface area contributed by atoms with E-state index in [9.17, 15) is 43.2 Å². The molecule has 0 heterocycles. The molecule has 17 nitrogen and oxygen atoms in total. The van der Waals surface area contributed by atoms with Crippen LogP contribution in [0.15, 0.2) is 0 Å². The summed E-state index contributed by atoms with van der Waals surface area (Å²) in [5.41, 5.74) is 0. The summed E-state index contributed by atoms with van der Waals surface area (Å²) in [4.78, 5) is 72.5. The van der Waals surface area contributed by atoms with Gasteiger partial charge in [0.2, 0.25) is 0 Å². The summed E-state index contributed by atoms with van der Waals surface area (Å²) >= 11 is 0. The second kappa shape index (κ2) is 62.6. The molecule has 0 saturated heterocycles. The van der Waals surface area contributed by atoms with Gasteiger partial charge < -0.3 is 33.8 Å². The molecule has 0 aromatic heterocycles. The smallest absolute Gasteiger partial charge is 0.462 e. The second-order valence-electron chi connectivity index (χ2n) is 27.8. The Hall–Kier alpha value is -1.94. The number of carbonyl (C=O) groups excluding carboxylic acids is 4. The lowest BCUT2D eigenvalue weighted by Crippen LogP contribution is -2.30. The fourth-order valence-electron chi connectivity index (χ4n) is 11.0. The first-order valence-corrected chi connectivity index (χ1v) is 40.8. The third-order valence-corrected chi connectivity index (χ3v) is 19.4. The molecule has 7 atom stereocenters. The van der Waals surface area contributed by atoms with Gasteiger partial charge in [-0.15, -0.1) is 0 Å². The van der Waals surface area contributed by atoms with Gasteiger partial charge in [0.25, 0.3) is 0 Å². The highest BCUT2D eigenvalue weighted by Crippen LogP contribution is 2.45. The van der Waals surface area contributed by atoms with Gasteiger partial charge in [-0.3, -0.25) is 37.3 Å². The number of hydrogen-bond acceptors (Lipinski definition) is 15. The van der Waals surface area contributed by atoms with Gasteiger partial charge in [0, 0.05) is 25.7 Å². The number of phosphoric acid groups is 2. The van der Waals surface area contributed by atoms with Crippen molar-refractivity contribution in [3.8, 4) is 0 Å². The zero-order valence-corrected chi connectivity index (χ0v) is 62.0. The maximum Gasteiger partial charge on any atom is 0.472 e. The van der Waals surface area contributed by atoms with Crippen molar-refractivity contribution >= 4 is 39.5 Å². The molecule has 92 heavy (non-hydrogen) atoms. The lowest BCUT2D eigenvalue weighted by atomic mass is 9.99. The lowest BCUT2D eigenvalue weighted by molar-refractivity contribution is -0.161. The third kappa shape index (κ3) is 64.1. The first kappa shape index (κ1) is 90.1. The van der Waals surface area contributed by atoms with E-state index in [-0.39, 0.29) is 25.7 Å². The first-order valence-electron chi connectivity index (χ1n) is 37.8. The van der Waals surface area contributed by atoms with Gasteiger partial charge in [0.15, 0.2) is 12.2 Å². The van der Waals surface area contributed by atoms with E-state index in [4.69, 9.17) is 37.0 Å². The molecular formula is C73H142O17P2. The van der Waals surface area contributed by atoms with Gasteiger partial charge in [-0.05, 0) is 49.4 Å². The van der Waals surface area contributed by atoms with Crippen LogP contribution in [0.2, 0.25) is 0 Å². The number of rotatable bonds is 70. The van der Waals surface area contributed by atoms with Crippen molar-refractivity contribution < 1.29 is 80.2 Å². The maximum absolute atomic E-state index is 13.0. The highest BCUT2D eigenvalue weighted by molar-refractivity contribution is 7.47. The van der Waals surface area contributed by atoms with Crippen LogP contribution in [0.5, 0.6) is 0 Å². The fourth-order valence-corrected chi connectivity index (χ4v) is 12.5. The number of unbranched alkanes of at least 4 members (excludes halogenated alkanes) is 34. The Morgan fingerprint density at radius 3 is 0.772 bits per heavy atom. The molecule has 0 aliphatic rings. The fraction of sp³-hybridized carbons (Fsp3) is 0.945. The molecular weight excluding hydrogens is 1210 g/mol. The summed E-state index contributed by atoms with van der Waals surface area (Å²) in [5, 5.41) is 10.6. The van der Waals surface area contributed by atoms with Crippen molar-refractivity contribution in [2.24, 2.45) is 23.7 Å². The number of ether oxygens (including phenoxy) is 4. The van der Waals surface area contributed by atoms with E-state index in [1.165, 1.54) is 154 Å². The monoisotopic (exact) mass is 1350 g/mol. The average Bonchev–Trinajstić information content (AvgIpc) is 1.85. The summed E-state index contributed by atoms with van der Waals surface area (Å²) < 4.78 is 68.3. The van der Waals surface area contributed by atoms with Crippen LogP contribution in [-0.2, 0) is 65.4 Å². The standard InChI is InChI=1S/C73H142O17P2/c1-9-65(7)51-43-35-26-21-19-17-15-13-11-12-14-16-18-20-22-27-39-47-55-72(77)89-68(59-83-70(75)53-45-37-31-29-34-42-50-64(5)6)61-87-91(79,80)85-57-67(74)58-86-92(81,82)88-62-69(60-84-71(76)54-46-38-32-30-36-44-52-66(8)10-2)90-73(78)56-48-40-28-24-23-25-33-41-49-63(3)4/h63-69,74H,9-62H2,1-8H3,(H,79,80)(H,81,82)/t65?,66?,67-,68-,69-/m1/s1. The van der Waals surface area contributed by atoms with E-state index in [1.54, 1.807) is 0 Å². The van der Waals surface area contributed by atoms with E-state index < -0.39 is 97.5 Å². The predicted molar refractivity (Wildman–Crippen MR) is 372 cm³/mol. The van der Waals surface area contributed by atoms with E-state index in [0.29, 0.717) is 31.6 Å². The number of hydrogen-bond donors (Lipinski definition) is 3. The first-order chi connectivity index (χ1) is 44.2. The van der Waals surface area contributed by atoms with Gasteiger partial charge in [0.05, 0.1) is 26.4 Å². The van der Waals surface area contributed by atoms with Crippen LogP contribution in [0.1, 0.15) is 364 Å². The number of phosphoric ester groups is 2. The molecule has 0 spiro atoms. The number of esters is 4. The molecule has 4 unspecified atom stereocenters. The molecule has 19 heteroatoms. The minimum Gasteiger partial charge on any atom is -0.462 e. The Morgan fingerprint density at radius 2 is 0.522 bits per heavy atom. The van der Waals surface area contributed by atoms with Crippen LogP contribution in [0.3, 0.4) is 0 Å². The van der Waals surface area contributed by atoms with Crippen molar-refractivity contribution in [1.29, 1.82) is 0 Å². The molecule has 0 saturated carbocycles. The Bertz CT molecular complexity index is 1820. The summed E-state index contributed by atoms with van der Waals surface area (Å²) in [6, 6.07) is 0. The molecule has 3 N–H and O–H groups in total. The number of aliphatic hydroxyl groups is 1. The Balaban J connectivity index is 5.14. The molecule has 0 amide bonds. The van der Waals surface area contributed by atoms with Gasteiger partial charge in [-0.2, -0.15) is 0 Å². The quantitative estimate of drug-likeness (QED) is 0.0222. The highest BCUT2D eigenvalue weighted by atomic mass is 31.2. The van der Waals surface area contributed by atoms with Gasteiger partial charge >= 0.3 is 39.5 Å². The maximum atomic E-state index is 13.0. The summed E-state index contributed by atoms with van der Waals surface area (Å²) in [6.07, 6.45) is 46.2. The Labute approximate surface area is 562 Å². The zero-order valence-electron chi connectivity index (χ0n) is 60.2. The van der Waals surface area contributed by atoms with E-state index in [0.717, 1.165) is 120 Å². The third-order valence-electron chi connectivity index (χ3n) is 17.5. The summed E-state index contributed by atoms with van der Waals surface area (Å²) in [6.45, 7) is 14.1. The van der Waals surface area contributed by atoms with E-state index in [2.05, 4.69) is 55.4 Å². The Kier molecular flexibility index (Phi) is 61.3. The minimum atomic E-state index is -4.95. The van der Waals surface area contributed by atoms with Crippen molar-refractivity contribution in [2.45, 2.75) is 382 Å². The lowest BCUT2D eigenvalue weighted by Gasteiger charge is -2.21. The molecule has 0 radical (unpaired) electrons. The number of aliphatic hydroxyl groups excluding tert-OH is 1. The SMILES string of the molecule is CCC(C)CCCCCCCCCCCCCCCCCCCCC(=O)O[C@H](COC(=O)CCCCCCCCC(C)C)COP(=O)(O)OC[C@@H](O)COP(=O)(O)OC[C@@H](COC(=O)CCCCCCCCC(C)CC)OC(=O)CCCCCCCCCCC(C)C. The normalized spacial score (nSPS) is 14.8. The highest BCUT2D eigenvalue weighted by Gasteiger charge is 2.30. The predicted octanol–water partition coefficient (Wildman–Crippen LogP) is 20.9. The van der Waals surface area contributed by atoms with Gasteiger partial charge in [0.1, 0.15) is 19.3 Å². The van der Waals surface area contributed by atoms with Crippen molar-refractivity contribution in [1.82, 2.24) is 0 Å². The van der Waals surface area contributed by atoms with Gasteiger partial charge in [-0.1, -0.05) is 312 Å². The van der Waals surface area contributed by atoms with Crippen molar-refractivity contribution in [3.63, 3.8) is 0 Å². The van der Waals surface area contributed by atoms with Crippen molar-refractivity contribution in [2.75, 3.05) is 39.6 Å². The summed E-state index contributed by atoms with van der Waals surface area (Å²) in [5.74, 6) is 0.868. The molecule has 0 aromatic rings. The topological polar surface area (TPSA) is 237 Å². The largest absolute Gasteiger partial charge is 0.472 e. The minimum absolute atomic E-state index is 0.103. The van der Waals surface area contributed by atoms with Crippen LogP contribution < -0.4 is 0 Å². The van der Waals surface area contributed by atoms with Crippen LogP contribution in [-0.4, -0.2) is 96.7 Å². The Morgan fingerprint density at radius 1 is 0.304 bits per heavy atom.